The van der Waals surface area contributed by atoms with Crippen LogP contribution in [-0.2, 0) is 4.79 Å². The molecular weight excluding hydrogens is 559 g/mol. The smallest absolute Gasteiger partial charge is 0.223 e. The molecule has 9 nitrogen and oxygen atoms in total. The number of aryl methyl sites for hydroxylation is 1. The molecule has 0 bridgehead atoms. The summed E-state index contributed by atoms with van der Waals surface area (Å²) in [6.07, 6.45) is 5.01. The number of anilines is 3. The van der Waals surface area contributed by atoms with E-state index in [1.807, 2.05) is 6.92 Å². The maximum absolute atomic E-state index is 11.8. The van der Waals surface area contributed by atoms with Gasteiger partial charge in [0, 0.05) is 29.6 Å². The summed E-state index contributed by atoms with van der Waals surface area (Å²) in [6.45, 7) is 12.1. The molecule has 4 rings (SSSR count). The van der Waals surface area contributed by atoms with Crippen molar-refractivity contribution >= 4 is 70.8 Å². The SMILES string of the molecule is C=NC(=N[C@@H]1CCCN(C(C)C)C1)Nc1c(C)nc(Nc2c(Cl)cc(Cl)cc2Cl)n1C1CCC(C(N)=O)CC1. The summed E-state index contributed by atoms with van der Waals surface area (Å²) in [7, 11) is 0. The number of guanidine groups is 1. The minimum Gasteiger partial charge on any atom is -0.369 e. The Morgan fingerprint density at radius 2 is 1.82 bits per heavy atom. The number of rotatable bonds is 7. The van der Waals surface area contributed by atoms with Crippen LogP contribution in [0.5, 0.6) is 0 Å². The first-order chi connectivity index (χ1) is 18.6. The van der Waals surface area contributed by atoms with Crippen LogP contribution in [0, 0.1) is 12.8 Å². The number of carbonyl (C=O) groups excluding carboxylic acids is 1. The number of hydrogen-bond acceptors (Lipinski definition) is 5. The number of aliphatic imine (C=N–C) groups is 2. The van der Waals surface area contributed by atoms with Crippen LogP contribution in [0.15, 0.2) is 22.1 Å². The molecule has 1 saturated carbocycles. The molecular formula is C27H37Cl3N8O. The predicted molar refractivity (Wildman–Crippen MR) is 162 cm³/mol. The molecule has 1 aromatic heterocycles. The van der Waals surface area contributed by atoms with E-state index in [0.717, 1.165) is 50.3 Å². The van der Waals surface area contributed by atoms with Gasteiger partial charge in [-0.15, -0.1) is 0 Å². The van der Waals surface area contributed by atoms with Gasteiger partial charge in [0.05, 0.1) is 27.5 Å². The molecule has 12 heteroatoms. The summed E-state index contributed by atoms with van der Waals surface area (Å²) < 4.78 is 2.09. The molecule has 1 amide bonds. The molecule has 212 valence electrons. The zero-order valence-corrected chi connectivity index (χ0v) is 25.0. The van der Waals surface area contributed by atoms with Crippen LogP contribution in [0.1, 0.15) is 64.1 Å². The van der Waals surface area contributed by atoms with Crippen LogP contribution in [0.3, 0.4) is 0 Å². The van der Waals surface area contributed by atoms with Crippen molar-refractivity contribution < 1.29 is 4.79 Å². The maximum Gasteiger partial charge on any atom is 0.223 e. The molecule has 0 unspecified atom stereocenters. The Hall–Kier alpha value is -2.33. The van der Waals surface area contributed by atoms with Crippen molar-refractivity contribution in [3.05, 3.63) is 32.9 Å². The zero-order valence-electron chi connectivity index (χ0n) is 22.7. The van der Waals surface area contributed by atoms with Crippen LogP contribution in [-0.4, -0.2) is 58.2 Å². The lowest BCUT2D eigenvalue weighted by atomic mass is 9.85. The highest BCUT2D eigenvalue weighted by Crippen LogP contribution is 2.41. The maximum atomic E-state index is 11.8. The number of primary amides is 1. The number of imidazole rings is 1. The second-order valence-electron chi connectivity index (χ2n) is 10.6. The largest absolute Gasteiger partial charge is 0.369 e. The van der Waals surface area contributed by atoms with Crippen molar-refractivity contribution in [2.45, 2.75) is 77.4 Å². The Labute approximate surface area is 245 Å². The number of halogens is 3. The number of likely N-dealkylation sites (tertiary alicyclic amines) is 1. The molecule has 0 radical (unpaired) electrons. The van der Waals surface area contributed by atoms with Crippen LogP contribution in [0.2, 0.25) is 15.1 Å². The number of benzene rings is 1. The number of nitrogens with one attached hydrogen (secondary N) is 2. The topological polar surface area (TPSA) is 113 Å². The third-order valence-electron chi connectivity index (χ3n) is 7.64. The number of hydrogen-bond donors (Lipinski definition) is 3. The molecule has 2 aromatic rings. The first kappa shape index (κ1) is 29.6. The Morgan fingerprint density at radius 3 is 2.41 bits per heavy atom. The lowest BCUT2D eigenvalue weighted by Gasteiger charge is -2.34. The monoisotopic (exact) mass is 594 g/mol. The number of nitrogens with two attached hydrogens (primary N) is 1. The summed E-state index contributed by atoms with van der Waals surface area (Å²) >= 11 is 19.1. The van der Waals surface area contributed by atoms with Gasteiger partial charge < -0.3 is 16.4 Å². The van der Waals surface area contributed by atoms with E-state index >= 15 is 0 Å². The number of aromatic nitrogens is 2. The number of carbonyl (C=O) groups is 1. The fourth-order valence-electron chi connectivity index (χ4n) is 5.48. The van der Waals surface area contributed by atoms with Gasteiger partial charge in [-0.2, -0.15) is 0 Å². The molecule has 2 fully saturated rings. The number of piperidine rings is 1. The second-order valence-corrected chi connectivity index (χ2v) is 11.9. The number of nitrogens with zero attached hydrogens (tertiary/aromatic N) is 5. The van der Waals surface area contributed by atoms with Gasteiger partial charge >= 0.3 is 0 Å². The average Bonchev–Trinajstić information content (AvgIpc) is 3.20. The first-order valence-corrected chi connectivity index (χ1v) is 14.6. The van der Waals surface area contributed by atoms with E-state index in [2.05, 4.69) is 45.7 Å². The Balaban J connectivity index is 1.68. The quantitative estimate of drug-likeness (QED) is 0.251. The van der Waals surface area contributed by atoms with E-state index in [4.69, 9.17) is 50.5 Å². The highest BCUT2D eigenvalue weighted by molar-refractivity contribution is 6.41. The van der Waals surface area contributed by atoms with Crippen LogP contribution < -0.4 is 16.4 Å². The highest BCUT2D eigenvalue weighted by Gasteiger charge is 2.30. The number of amides is 1. The highest BCUT2D eigenvalue weighted by atomic mass is 35.5. The van der Waals surface area contributed by atoms with Gasteiger partial charge in [-0.05, 0) is 84.7 Å². The van der Waals surface area contributed by atoms with E-state index in [1.165, 1.54) is 0 Å². The van der Waals surface area contributed by atoms with Gasteiger partial charge in [-0.3, -0.25) is 14.3 Å². The van der Waals surface area contributed by atoms with Gasteiger partial charge in [-0.1, -0.05) is 34.8 Å². The van der Waals surface area contributed by atoms with Crippen LogP contribution in [0.25, 0.3) is 0 Å². The molecule has 1 aromatic carbocycles. The summed E-state index contributed by atoms with van der Waals surface area (Å²) in [6, 6.07) is 3.91. The zero-order chi connectivity index (χ0) is 28.3. The Morgan fingerprint density at radius 1 is 1.15 bits per heavy atom. The van der Waals surface area contributed by atoms with E-state index < -0.39 is 0 Å². The summed E-state index contributed by atoms with van der Waals surface area (Å²) in [5, 5.41) is 7.95. The molecule has 4 N–H and O–H groups in total. The van der Waals surface area contributed by atoms with E-state index in [0.29, 0.717) is 51.5 Å². The summed E-state index contributed by atoms with van der Waals surface area (Å²) in [4.78, 5) is 28.2. The van der Waals surface area contributed by atoms with Crippen molar-refractivity contribution in [1.29, 1.82) is 0 Å². The fourth-order valence-corrected chi connectivity index (χ4v) is 6.39. The summed E-state index contributed by atoms with van der Waals surface area (Å²) in [5.41, 5.74) is 6.86. The Bertz CT molecular complexity index is 1210. The minimum absolute atomic E-state index is 0.0498. The third-order valence-corrected chi connectivity index (χ3v) is 8.45. The van der Waals surface area contributed by atoms with Crippen molar-refractivity contribution in [2.75, 3.05) is 23.7 Å². The van der Waals surface area contributed by atoms with Gasteiger partial charge in [0.2, 0.25) is 17.8 Å². The molecule has 1 saturated heterocycles. The molecule has 39 heavy (non-hydrogen) atoms. The lowest BCUT2D eigenvalue weighted by molar-refractivity contribution is -0.122. The standard InChI is InChI=1S/C27H37Cl3N8O/c1-15(2)37-11-5-6-19(14-37)34-26(32-4)36-25-16(3)33-27(35-23-21(29)12-18(28)13-22(23)30)38(25)20-9-7-17(8-10-20)24(31)39/h12-13,15,17,19-20H,4-11,14H2,1-3H3,(H2,31,39)(H,33,35)(H,34,36)/t17?,19-,20?/m1/s1. The first-order valence-electron chi connectivity index (χ1n) is 13.4. The average molecular weight is 596 g/mol. The van der Waals surface area contributed by atoms with E-state index in [9.17, 15) is 4.79 Å². The van der Waals surface area contributed by atoms with Crippen molar-refractivity contribution in [1.82, 2.24) is 14.5 Å². The lowest BCUT2D eigenvalue weighted by Crippen LogP contribution is -2.42. The molecule has 2 heterocycles. The molecule has 0 spiro atoms. The van der Waals surface area contributed by atoms with Crippen molar-refractivity contribution in [3.8, 4) is 0 Å². The molecule has 1 aliphatic carbocycles. The van der Waals surface area contributed by atoms with Gasteiger partial charge in [0.15, 0.2) is 0 Å². The van der Waals surface area contributed by atoms with E-state index in [-0.39, 0.29) is 23.9 Å². The predicted octanol–water partition coefficient (Wildman–Crippen LogP) is 6.45. The second kappa shape index (κ2) is 12.9. The van der Waals surface area contributed by atoms with Gasteiger partial charge in [0.1, 0.15) is 5.82 Å². The van der Waals surface area contributed by atoms with Crippen LogP contribution in [0.4, 0.5) is 17.5 Å². The Kier molecular flexibility index (Phi) is 9.80. The summed E-state index contributed by atoms with van der Waals surface area (Å²) in [5.74, 6) is 1.40. The van der Waals surface area contributed by atoms with Crippen LogP contribution >= 0.6 is 34.8 Å². The third kappa shape index (κ3) is 7.06. The molecule has 2 aliphatic rings. The van der Waals surface area contributed by atoms with Crippen molar-refractivity contribution in [2.24, 2.45) is 21.6 Å². The fraction of sp³-hybridized carbons (Fsp3) is 0.556. The normalized spacial score (nSPS) is 22.6. The van der Waals surface area contributed by atoms with Gasteiger partial charge in [0.25, 0.3) is 0 Å². The van der Waals surface area contributed by atoms with E-state index in [1.54, 1.807) is 12.1 Å². The minimum atomic E-state index is -0.250. The van der Waals surface area contributed by atoms with Crippen molar-refractivity contribution in [3.63, 3.8) is 0 Å². The molecule has 1 atom stereocenters. The molecule has 1 aliphatic heterocycles. The van der Waals surface area contributed by atoms with Gasteiger partial charge in [-0.25, -0.2) is 15.0 Å².